The first-order valence-electron chi connectivity index (χ1n) is 7.29. The number of imidazole rings is 1. The Bertz CT molecular complexity index is 744. The molecule has 0 radical (unpaired) electrons. The monoisotopic (exact) mass is 280 g/mol. The van der Waals surface area contributed by atoms with E-state index in [-0.39, 0.29) is 0 Å². The van der Waals surface area contributed by atoms with Crippen molar-refractivity contribution in [1.29, 1.82) is 0 Å². The van der Waals surface area contributed by atoms with Gasteiger partial charge in [-0.1, -0.05) is 44.2 Å². The Morgan fingerprint density at radius 3 is 2.67 bits per heavy atom. The summed E-state index contributed by atoms with van der Waals surface area (Å²) >= 11 is 0. The molecule has 4 heteroatoms. The Morgan fingerprint density at radius 1 is 1.19 bits per heavy atom. The molecule has 0 aliphatic carbocycles. The maximum absolute atomic E-state index is 4.76. The highest BCUT2D eigenvalue weighted by Gasteiger charge is 2.11. The van der Waals surface area contributed by atoms with Crippen LogP contribution in [0.15, 0.2) is 42.7 Å². The molecule has 3 aromatic rings. The second kappa shape index (κ2) is 5.56. The molecule has 2 heterocycles. The van der Waals surface area contributed by atoms with Gasteiger partial charge in [0.2, 0.25) is 0 Å². The van der Waals surface area contributed by atoms with E-state index in [4.69, 9.17) is 4.98 Å². The van der Waals surface area contributed by atoms with E-state index in [1.807, 2.05) is 30.6 Å². The summed E-state index contributed by atoms with van der Waals surface area (Å²) in [7, 11) is 0. The number of aromatic nitrogens is 3. The molecule has 4 nitrogen and oxygen atoms in total. The van der Waals surface area contributed by atoms with Crippen molar-refractivity contribution >= 4 is 11.5 Å². The summed E-state index contributed by atoms with van der Waals surface area (Å²) in [4.78, 5) is 9.23. The quantitative estimate of drug-likeness (QED) is 0.791. The van der Waals surface area contributed by atoms with Gasteiger partial charge < -0.3 is 5.32 Å². The number of rotatable bonds is 4. The zero-order valence-electron chi connectivity index (χ0n) is 12.7. The first-order valence-corrected chi connectivity index (χ1v) is 7.29. The van der Waals surface area contributed by atoms with Crippen molar-refractivity contribution in [1.82, 2.24) is 14.4 Å². The van der Waals surface area contributed by atoms with Crippen LogP contribution >= 0.6 is 0 Å². The molecular formula is C17H20N4. The predicted octanol–water partition coefficient (Wildman–Crippen LogP) is 3.77. The van der Waals surface area contributed by atoms with E-state index >= 15 is 0 Å². The third-order valence-corrected chi connectivity index (χ3v) is 3.42. The minimum absolute atomic E-state index is 0.559. The topological polar surface area (TPSA) is 42.2 Å². The molecule has 0 unspecified atom stereocenters. The van der Waals surface area contributed by atoms with Crippen LogP contribution < -0.4 is 5.32 Å². The molecule has 0 aliphatic heterocycles. The highest BCUT2D eigenvalue weighted by atomic mass is 15.1. The van der Waals surface area contributed by atoms with E-state index in [0.29, 0.717) is 5.92 Å². The minimum Gasteiger partial charge on any atom is -0.367 e. The van der Waals surface area contributed by atoms with E-state index in [9.17, 15) is 0 Å². The van der Waals surface area contributed by atoms with E-state index in [2.05, 4.69) is 47.6 Å². The first kappa shape index (κ1) is 13.6. The molecular weight excluding hydrogens is 260 g/mol. The standard InChI is InChI=1S/C17H20N4/c1-12(2)9-18-16-17-19-10-13(3)21(17)11-15(20-16)14-7-5-4-6-8-14/h4-8,10-12H,9H2,1-3H3,(H,18,20). The number of fused-ring (bicyclic) bond motifs is 1. The number of aryl methyl sites for hydroxylation is 1. The molecule has 1 N–H and O–H groups in total. The van der Waals surface area contributed by atoms with Crippen LogP contribution in [0.2, 0.25) is 0 Å². The predicted molar refractivity (Wildman–Crippen MR) is 86.5 cm³/mol. The van der Waals surface area contributed by atoms with Crippen LogP contribution in [-0.2, 0) is 0 Å². The second-order valence-electron chi connectivity index (χ2n) is 5.71. The lowest BCUT2D eigenvalue weighted by Crippen LogP contribution is -2.11. The van der Waals surface area contributed by atoms with Gasteiger partial charge in [0.25, 0.3) is 0 Å². The van der Waals surface area contributed by atoms with Crippen molar-refractivity contribution in [2.45, 2.75) is 20.8 Å². The van der Waals surface area contributed by atoms with Crippen LogP contribution in [0.25, 0.3) is 16.9 Å². The van der Waals surface area contributed by atoms with E-state index in [0.717, 1.165) is 35.0 Å². The van der Waals surface area contributed by atoms with Crippen molar-refractivity contribution in [2.24, 2.45) is 5.92 Å². The number of hydrogen-bond acceptors (Lipinski definition) is 3. The van der Waals surface area contributed by atoms with Gasteiger partial charge in [-0.3, -0.25) is 4.40 Å². The molecule has 0 saturated heterocycles. The number of benzene rings is 1. The molecule has 0 bridgehead atoms. The zero-order chi connectivity index (χ0) is 14.8. The van der Waals surface area contributed by atoms with Crippen LogP contribution in [0.5, 0.6) is 0 Å². The Labute approximate surface area is 124 Å². The Morgan fingerprint density at radius 2 is 1.95 bits per heavy atom. The Balaban J connectivity index is 2.11. The summed E-state index contributed by atoms with van der Waals surface area (Å²) < 4.78 is 2.10. The molecule has 0 atom stereocenters. The summed E-state index contributed by atoms with van der Waals surface area (Å²) in [5.41, 5.74) is 4.06. The largest absolute Gasteiger partial charge is 0.367 e. The number of nitrogens with one attached hydrogen (secondary N) is 1. The molecule has 108 valence electrons. The Hall–Kier alpha value is -2.36. The molecule has 21 heavy (non-hydrogen) atoms. The molecule has 0 aliphatic rings. The maximum Gasteiger partial charge on any atom is 0.180 e. The number of nitrogens with zero attached hydrogens (tertiary/aromatic N) is 3. The van der Waals surface area contributed by atoms with E-state index in [1.165, 1.54) is 0 Å². The minimum atomic E-state index is 0.559. The summed E-state index contributed by atoms with van der Waals surface area (Å²) in [6, 6.07) is 10.2. The van der Waals surface area contributed by atoms with Crippen molar-refractivity contribution in [3.05, 3.63) is 48.4 Å². The van der Waals surface area contributed by atoms with Crippen molar-refractivity contribution < 1.29 is 0 Å². The highest BCUT2D eigenvalue weighted by Crippen LogP contribution is 2.23. The van der Waals surface area contributed by atoms with Crippen LogP contribution in [0.4, 0.5) is 5.82 Å². The van der Waals surface area contributed by atoms with Crippen LogP contribution in [0, 0.1) is 12.8 Å². The normalized spacial score (nSPS) is 11.2. The second-order valence-corrected chi connectivity index (χ2v) is 5.71. The molecule has 0 amide bonds. The summed E-state index contributed by atoms with van der Waals surface area (Å²) in [6.45, 7) is 7.30. The smallest absolute Gasteiger partial charge is 0.180 e. The zero-order valence-corrected chi connectivity index (χ0v) is 12.7. The third kappa shape index (κ3) is 2.75. The number of hydrogen-bond donors (Lipinski definition) is 1. The van der Waals surface area contributed by atoms with Crippen molar-refractivity contribution in [3.63, 3.8) is 0 Å². The first-order chi connectivity index (χ1) is 10.1. The summed E-state index contributed by atoms with van der Waals surface area (Å²) in [5, 5.41) is 3.42. The molecule has 0 saturated carbocycles. The summed E-state index contributed by atoms with van der Waals surface area (Å²) in [6.07, 6.45) is 3.93. The van der Waals surface area contributed by atoms with E-state index in [1.54, 1.807) is 0 Å². The lowest BCUT2D eigenvalue weighted by atomic mass is 10.1. The van der Waals surface area contributed by atoms with Crippen LogP contribution in [-0.4, -0.2) is 20.9 Å². The van der Waals surface area contributed by atoms with Gasteiger partial charge in [-0.15, -0.1) is 0 Å². The van der Waals surface area contributed by atoms with Gasteiger partial charge in [-0.25, -0.2) is 9.97 Å². The highest BCUT2D eigenvalue weighted by molar-refractivity contribution is 5.69. The van der Waals surface area contributed by atoms with Gasteiger partial charge in [0.15, 0.2) is 11.5 Å². The fraction of sp³-hybridized carbons (Fsp3) is 0.294. The molecule has 0 fully saturated rings. The fourth-order valence-electron chi connectivity index (χ4n) is 2.27. The fourth-order valence-corrected chi connectivity index (χ4v) is 2.27. The Kier molecular flexibility index (Phi) is 3.60. The van der Waals surface area contributed by atoms with Gasteiger partial charge in [0.05, 0.1) is 5.69 Å². The van der Waals surface area contributed by atoms with E-state index < -0.39 is 0 Å². The van der Waals surface area contributed by atoms with Gasteiger partial charge in [-0.05, 0) is 12.8 Å². The average Bonchev–Trinajstić information content (AvgIpc) is 2.87. The lowest BCUT2D eigenvalue weighted by Gasteiger charge is -2.12. The van der Waals surface area contributed by atoms with Gasteiger partial charge in [-0.2, -0.15) is 0 Å². The average molecular weight is 280 g/mol. The summed E-state index contributed by atoms with van der Waals surface area (Å²) in [5.74, 6) is 1.40. The SMILES string of the molecule is Cc1cnc2c(NCC(C)C)nc(-c3ccccc3)cn12. The van der Waals surface area contributed by atoms with Crippen molar-refractivity contribution in [3.8, 4) is 11.3 Å². The number of anilines is 1. The molecule has 0 spiro atoms. The van der Waals surface area contributed by atoms with Crippen LogP contribution in [0.3, 0.4) is 0 Å². The molecule has 2 aromatic heterocycles. The maximum atomic E-state index is 4.76. The lowest BCUT2D eigenvalue weighted by molar-refractivity contribution is 0.687. The van der Waals surface area contributed by atoms with Gasteiger partial charge >= 0.3 is 0 Å². The molecule has 1 aromatic carbocycles. The van der Waals surface area contributed by atoms with Crippen molar-refractivity contribution in [2.75, 3.05) is 11.9 Å². The van der Waals surface area contributed by atoms with Gasteiger partial charge in [0.1, 0.15) is 0 Å². The molecule has 3 rings (SSSR count). The van der Waals surface area contributed by atoms with Gasteiger partial charge in [0, 0.05) is 30.2 Å². The van der Waals surface area contributed by atoms with Crippen LogP contribution in [0.1, 0.15) is 19.5 Å². The third-order valence-electron chi connectivity index (χ3n) is 3.42.